The van der Waals surface area contributed by atoms with Gasteiger partial charge in [-0.25, -0.2) is 4.79 Å². The summed E-state index contributed by atoms with van der Waals surface area (Å²) in [6.45, 7) is 4.27. The number of methoxy groups -OCH3 is 1. The minimum absolute atomic E-state index is 0.133. The van der Waals surface area contributed by atoms with Crippen molar-refractivity contribution in [3.05, 3.63) is 57.4 Å². The number of ether oxygens (including phenoxy) is 2. The molecule has 0 spiro atoms. The third-order valence-corrected chi connectivity index (χ3v) is 4.44. The van der Waals surface area contributed by atoms with Crippen molar-refractivity contribution in [1.29, 1.82) is 0 Å². The van der Waals surface area contributed by atoms with Gasteiger partial charge in [-0.05, 0) is 43.7 Å². The molecule has 0 aliphatic carbocycles. The number of carbonyl (C=O) groups is 3. The molecular formula is C20H24ClN3O5. The van der Waals surface area contributed by atoms with Crippen molar-refractivity contribution in [3.63, 3.8) is 0 Å². The number of aromatic nitrogens is 1. The summed E-state index contributed by atoms with van der Waals surface area (Å²) in [5.41, 5.74) is 2.15. The normalized spacial score (nSPS) is 10.5. The second-order valence-corrected chi connectivity index (χ2v) is 6.71. The van der Waals surface area contributed by atoms with Crippen molar-refractivity contribution in [2.24, 2.45) is 0 Å². The fourth-order valence-electron chi connectivity index (χ4n) is 2.72. The first-order valence-electron chi connectivity index (χ1n) is 9.02. The first kappa shape index (κ1) is 22.4. The number of nitrogens with one attached hydrogen (secondary N) is 3. The van der Waals surface area contributed by atoms with Crippen LogP contribution in [0.5, 0.6) is 0 Å². The Hall–Kier alpha value is -2.84. The van der Waals surface area contributed by atoms with Gasteiger partial charge in [0.2, 0.25) is 0 Å². The van der Waals surface area contributed by atoms with Crippen LogP contribution in [0.3, 0.4) is 0 Å². The number of aromatic amines is 1. The van der Waals surface area contributed by atoms with Crippen LogP contribution in [-0.4, -0.2) is 56.2 Å². The van der Waals surface area contributed by atoms with Gasteiger partial charge in [-0.15, -0.1) is 0 Å². The molecule has 0 saturated heterocycles. The van der Waals surface area contributed by atoms with Crippen molar-refractivity contribution in [2.45, 2.75) is 13.8 Å². The molecule has 156 valence electrons. The highest BCUT2D eigenvalue weighted by atomic mass is 35.5. The van der Waals surface area contributed by atoms with Gasteiger partial charge in [0.25, 0.3) is 11.8 Å². The highest BCUT2D eigenvalue weighted by Crippen LogP contribution is 2.19. The van der Waals surface area contributed by atoms with Crippen LogP contribution in [0.25, 0.3) is 0 Å². The van der Waals surface area contributed by atoms with Crippen LogP contribution in [0.15, 0.2) is 24.3 Å². The van der Waals surface area contributed by atoms with Gasteiger partial charge in [0.15, 0.2) is 0 Å². The topological polar surface area (TPSA) is 110 Å². The molecule has 3 N–H and O–H groups in total. The van der Waals surface area contributed by atoms with Crippen molar-refractivity contribution in [2.75, 3.05) is 33.4 Å². The van der Waals surface area contributed by atoms with E-state index in [1.807, 2.05) is 0 Å². The summed E-state index contributed by atoms with van der Waals surface area (Å²) in [4.78, 5) is 39.6. The molecule has 1 aromatic heterocycles. The Kier molecular flexibility index (Phi) is 8.23. The van der Waals surface area contributed by atoms with Gasteiger partial charge in [-0.3, -0.25) is 9.59 Å². The molecule has 1 heterocycles. The molecule has 0 fully saturated rings. The zero-order valence-corrected chi connectivity index (χ0v) is 17.3. The van der Waals surface area contributed by atoms with Crippen LogP contribution in [0.4, 0.5) is 0 Å². The van der Waals surface area contributed by atoms with E-state index in [1.165, 1.54) is 7.11 Å². The predicted octanol–water partition coefficient (Wildman–Crippen LogP) is 2.25. The zero-order chi connectivity index (χ0) is 21.4. The first-order chi connectivity index (χ1) is 13.8. The molecule has 0 radical (unpaired) electrons. The Bertz CT molecular complexity index is 877. The number of benzene rings is 1. The number of H-pyrrole nitrogens is 1. The first-order valence-corrected chi connectivity index (χ1v) is 9.40. The van der Waals surface area contributed by atoms with E-state index in [1.54, 1.807) is 38.1 Å². The SMILES string of the molecule is COCCOC(=O)c1c(C)[nH]c(C(=O)NCCNC(=O)c2ccc(Cl)cc2)c1C. The largest absolute Gasteiger partial charge is 0.460 e. The van der Waals surface area contributed by atoms with Crippen molar-refractivity contribution < 1.29 is 23.9 Å². The lowest BCUT2D eigenvalue weighted by molar-refractivity contribution is 0.0386. The molecule has 0 atom stereocenters. The summed E-state index contributed by atoms with van der Waals surface area (Å²) in [6, 6.07) is 6.50. The predicted molar refractivity (Wildman–Crippen MR) is 109 cm³/mol. The number of esters is 1. The number of halogens is 1. The second kappa shape index (κ2) is 10.6. The highest BCUT2D eigenvalue weighted by Gasteiger charge is 2.22. The lowest BCUT2D eigenvalue weighted by atomic mass is 10.1. The number of aryl methyl sites for hydroxylation is 1. The Morgan fingerprint density at radius 2 is 1.62 bits per heavy atom. The second-order valence-electron chi connectivity index (χ2n) is 6.27. The molecule has 0 aliphatic heterocycles. The summed E-state index contributed by atoms with van der Waals surface area (Å²) in [5.74, 6) is -1.14. The van der Waals surface area contributed by atoms with Gasteiger partial charge in [0.1, 0.15) is 12.3 Å². The van der Waals surface area contributed by atoms with Gasteiger partial charge in [-0.2, -0.15) is 0 Å². The maximum absolute atomic E-state index is 12.4. The summed E-state index contributed by atoms with van der Waals surface area (Å²) in [6.07, 6.45) is 0. The molecule has 0 unspecified atom stereocenters. The average Bonchev–Trinajstić information content (AvgIpc) is 2.99. The van der Waals surface area contributed by atoms with E-state index >= 15 is 0 Å². The van der Waals surface area contributed by atoms with Crippen LogP contribution in [-0.2, 0) is 9.47 Å². The Labute approximate surface area is 173 Å². The quantitative estimate of drug-likeness (QED) is 0.425. The van der Waals surface area contributed by atoms with Crippen LogP contribution >= 0.6 is 11.6 Å². The smallest absolute Gasteiger partial charge is 0.340 e. The molecule has 2 amide bonds. The number of hydrogen-bond donors (Lipinski definition) is 3. The Morgan fingerprint density at radius 3 is 2.24 bits per heavy atom. The van der Waals surface area contributed by atoms with Crippen LogP contribution in [0, 0.1) is 13.8 Å². The van der Waals surface area contributed by atoms with E-state index in [-0.39, 0.29) is 37.2 Å². The van der Waals surface area contributed by atoms with Gasteiger partial charge < -0.3 is 25.1 Å². The maximum Gasteiger partial charge on any atom is 0.340 e. The molecule has 0 bridgehead atoms. The zero-order valence-electron chi connectivity index (χ0n) is 16.6. The van der Waals surface area contributed by atoms with Gasteiger partial charge >= 0.3 is 5.97 Å². The van der Waals surface area contributed by atoms with Crippen molar-refractivity contribution >= 4 is 29.4 Å². The van der Waals surface area contributed by atoms with Gasteiger partial charge in [0, 0.05) is 36.5 Å². The van der Waals surface area contributed by atoms with E-state index < -0.39 is 5.97 Å². The van der Waals surface area contributed by atoms with Crippen molar-refractivity contribution in [1.82, 2.24) is 15.6 Å². The number of amides is 2. The standard InChI is InChI=1S/C20H24ClN3O5/c1-12-16(20(27)29-11-10-28-3)13(2)24-17(12)19(26)23-9-8-22-18(25)14-4-6-15(21)7-5-14/h4-7,24H,8-11H2,1-3H3,(H,22,25)(H,23,26). The molecule has 0 saturated carbocycles. The summed E-state index contributed by atoms with van der Waals surface area (Å²) >= 11 is 5.80. The number of hydrogen-bond acceptors (Lipinski definition) is 5. The van der Waals surface area contributed by atoms with E-state index in [0.29, 0.717) is 34.0 Å². The van der Waals surface area contributed by atoms with E-state index in [4.69, 9.17) is 21.1 Å². The summed E-state index contributed by atoms with van der Waals surface area (Å²) < 4.78 is 9.98. The molecule has 9 heteroatoms. The molecule has 2 aromatic rings. The average molecular weight is 422 g/mol. The summed E-state index contributed by atoms with van der Waals surface area (Å²) in [5, 5.41) is 5.97. The van der Waals surface area contributed by atoms with E-state index in [9.17, 15) is 14.4 Å². The van der Waals surface area contributed by atoms with E-state index in [2.05, 4.69) is 15.6 Å². The maximum atomic E-state index is 12.4. The minimum atomic E-state index is -0.512. The van der Waals surface area contributed by atoms with Crippen LogP contribution in [0.1, 0.15) is 42.5 Å². The van der Waals surface area contributed by atoms with Crippen molar-refractivity contribution in [3.8, 4) is 0 Å². The van der Waals surface area contributed by atoms with Gasteiger partial charge in [0.05, 0.1) is 12.2 Å². The lowest BCUT2D eigenvalue weighted by Crippen LogP contribution is -2.35. The molecule has 8 nitrogen and oxygen atoms in total. The fourth-order valence-corrected chi connectivity index (χ4v) is 2.84. The summed E-state index contributed by atoms with van der Waals surface area (Å²) in [7, 11) is 1.51. The van der Waals surface area contributed by atoms with Crippen LogP contribution in [0.2, 0.25) is 5.02 Å². The molecule has 2 rings (SSSR count). The molecular weight excluding hydrogens is 398 g/mol. The Balaban J connectivity index is 1.87. The highest BCUT2D eigenvalue weighted by molar-refractivity contribution is 6.30. The Morgan fingerprint density at radius 1 is 1.00 bits per heavy atom. The third-order valence-electron chi connectivity index (χ3n) is 4.19. The van der Waals surface area contributed by atoms with Gasteiger partial charge in [-0.1, -0.05) is 11.6 Å². The molecule has 1 aromatic carbocycles. The van der Waals surface area contributed by atoms with Crippen LogP contribution < -0.4 is 10.6 Å². The minimum Gasteiger partial charge on any atom is -0.460 e. The lowest BCUT2D eigenvalue weighted by Gasteiger charge is -2.08. The molecule has 0 aliphatic rings. The fraction of sp³-hybridized carbons (Fsp3) is 0.350. The monoisotopic (exact) mass is 421 g/mol. The molecule has 29 heavy (non-hydrogen) atoms. The third kappa shape index (κ3) is 6.07. The van der Waals surface area contributed by atoms with E-state index in [0.717, 1.165) is 0 Å². The number of rotatable bonds is 9. The number of carbonyl (C=O) groups excluding carboxylic acids is 3.